The highest BCUT2D eigenvalue weighted by Gasteiger charge is 2.27. The van der Waals surface area contributed by atoms with Gasteiger partial charge in [0.2, 0.25) is 0 Å². The highest BCUT2D eigenvalue weighted by molar-refractivity contribution is 5.95. The van der Waals surface area contributed by atoms with Crippen LogP contribution in [0.15, 0.2) is 48.5 Å². The van der Waals surface area contributed by atoms with Crippen LogP contribution in [0.3, 0.4) is 0 Å². The predicted octanol–water partition coefficient (Wildman–Crippen LogP) is 5.31. The van der Waals surface area contributed by atoms with Crippen LogP contribution < -0.4 is 10.6 Å². The van der Waals surface area contributed by atoms with E-state index in [2.05, 4.69) is 61.8 Å². The maximum atomic E-state index is 12.3. The topological polar surface area (TPSA) is 67.4 Å². The molecule has 1 amide bonds. The van der Waals surface area contributed by atoms with Crippen molar-refractivity contribution >= 4 is 18.0 Å². The quantitative estimate of drug-likeness (QED) is 0.510. The molecule has 0 radical (unpaired) electrons. The Morgan fingerprint density at radius 3 is 2.61 bits per heavy atom. The molecule has 2 aromatic rings. The van der Waals surface area contributed by atoms with Crippen LogP contribution in [-0.2, 0) is 9.53 Å². The van der Waals surface area contributed by atoms with Crippen molar-refractivity contribution in [3.05, 3.63) is 76.4 Å². The largest absolute Gasteiger partial charge is 0.465 e. The monoisotopic (exact) mass is 448 g/mol. The summed E-state index contributed by atoms with van der Waals surface area (Å²) in [4.78, 5) is 23.7. The van der Waals surface area contributed by atoms with Crippen molar-refractivity contribution in [2.75, 3.05) is 13.2 Å². The van der Waals surface area contributed by atoms with Crippen LogP contribution >= 0.6 is 0 Å². The molecule has 0 heterocycles. The minimum absolute atomic E-state index is 0.112. The average molecular weight is 449 g/mol. The first-order valence-corrected chi connectivity index (χ1v) is 11.9. The van der Waals surface area contributed by atoms with Crippen LogP contribution in [0.25, 0.3) is 6.08 Å². The van der Waals surface area contributed by atoms with Crippen molar-refractivity contribution in [2.45, 2.75) is 65.0 Å². The van der Waals surface area contributed by atoms with Gasteiger partial charge in [-0.2, -0.15) is 0 Å². The lowest BCUT2D eigenvalue weighted by Crippen LogP contribution is -2.30. The van der Waals surface area contributed by atoms with Gasteiger partial charge in [-0.05, 0) is 87.3 Å². The smallest absolute Gasteiger partial charge is 0.325 e. The molecule has 1 aliphatic rings. The minimum atomic E-state index is -0.426. The van der Waals surface area contributed by atoms with Gasteiger partial charge in [-0.15, -0.1) is 0 Å². The first kappa shape index (κ1) is 24.7. The van der Waals surface area contributed by atoms with Crippen LogP contribution in [0, 0.1) is 6.92 Å². The third-order valence-electron chi connectivity index (χ3n) is 6.42. The lowest BCUT2D eigenvalue weighted by Gasteiger charge is -2.22. The molecular formula is C28H36N2O3. The highest BCUT2D eigenvalue weighted by atomic mass is 16.5. The fraction of sp³-hybridized carbons (Fsp3) is 0.429. The molecule has 0 unspecified atom stereocenters. The van der Waals surface area contributed by atoms with Crippen LogP contribution in [0.1, 0.15) is 84.6 Å². The Balaban J connectivity index is 1.56. The van der Waals surface area contributed by atoms with Crippen LogP contribution in [-0.4, -0.2) is 31.1 Å². The molecule has 3 rings (SSSR count). The molecule has 0 aliphatic heterocycles. The van der Waals surface area contributed by atoms with Crippen molar-refractivity contribution in [1.82, 2.24) is 10.6 Å². The highest BCUT2D eigenvalue weighted by Crippen LogP contribution is 2.36. The summed E-state index contributed by atoms with van der Waals surface area (Å²) in [5, 5.41) is 6.45. The zero-order valence-corrected chi connectivity index (χ0v) is 20.2. The number of hydrogen-bond donors (Lipinski definition) is 2. The third kappa shape index (κ3) is 6.55. The van der Waals surface area contributed by atoms with Gasteiger partial charge in [0.15, 0.2) is 0 Å². The molecule has 0 aromatic heterocycles. The van der Waals surface area contributed by atoms with Gasteiger partial charge in [-0.25, -0.2) is 0 Å². The Morgan fingerprint density at radius 1 is 1.15 bits per heavy atom. The fourth-order valence-electron chi connectivity index (χ4n) is 4.73. The molecule has 2 aromatic carbocycles. The van der Waals surface area contributed by atoms with Crippen molar-refractivity contribution < 1.29 is 14.3 Å². The van der Waals surface area contributed by atoms with Gasteiger partial charge >= 0.3 is 5.97 Å². The van der Waals surface area contributed by atoms with Gasteiger partial charge in [0, 0.05) is 17.6 Å². The number of ether oxygens (including phenoxy) is 1. The summed E-state index contributed by atoms with van der Waals surface area (Å²) >= 11 is 0. The average Bonchev–Trinajstić information content (AvgIpc) is 3.27. The molecule has 1 saturated carbocycles. The van der Waals surface area contributed by atoms with E-state index >= 15 is 0 Å². The number of carbonyl (C=O) groups excluding carboxylic acids is 2. The number of allylic oxidation sites excluding steroid dienone is 1. The Morgan fingerprint density at radius 2 is 1.91 bits per heavy atom. The van der Waals surface area contributed by atoms with E-state index in [1.54, 1.807) is 6.92 Å². The van der Waals surface area contributed by atoms with Crippen molar-refractivity contribution in [1.29, 1.82) is 0 Å². The number of rotatable bonds is 9. The standard InChI is InChI=1S/C28H36N2O3/c1-5-8-25-19(3)9-7-10-26(25)20(4)30-24-16-15-23(17-24)21-11-13-22(14-12-21)28(32)29-18-27(31)33-6-2/h5,7-14,20,23-24,30H,6,15-18H2,1-4H3,(H,29,32)/b8-5-/t20-,23-,24+/m1/s1. The van der Waals surface area contributed by atoms with E-state index in [-0.39, 0.29) is 18.5 Å². The van der Waals surface area contributed by atoms with Gasteiger partial charge < -0.3 is 15.4 Å². The SMILES string of the molecule is C/C=C\c1c(C)cccc1[C@@H](C)N[C@H]1CC[C@@H](c2ccc(C(=O)NCC(=O)OCC)cc2)C1. The first-order chi connectivity index (χ1) is 15.9. The maximum absolute atomic E-state index is 12.3. The molecule has 0 spiro atoms. The number of carbonyl (C=O) groups is 2. The van der Waals surface area contributed by atoms with Gasteiger partial charge in [0.25, 0.3) is 5.91 Å². The summed E-state index contributed by atoms with van der Waals surface area (Å²) in [6.07, 6.45) is 7.66. The Hall–Kier alpha value is -2.92. The van der Waals surface area contributed by atoms with Gasteiger partial charge in [0.05, 0.1) is 6.61 Å². The molecule has 33 heavy (non-hydrogen) atoms. The number of esters is 1. The molecule has 5 heteroatoms. The lowest BCUT2D eigenvalue weighted by atomic mass is 9.95. The minimum Gasteiger partial charge on any atom is -0.465 e. The molecule has 5 nitrogen and oxygen atoms in total. The van der Waals surface area contributed by atoms with E-state index in [9.17, 15) is 9.59 Å². The van der Waals surface area contributed by atoms with Gasteiger partial charge in [-0.3, -0.25) is 9.59 Å². The van der Waals surface area contributed by atoms with Crippen LogP contribution in [0.2, 0.25) is 0 Å². The second-order valence-corrected chi connectivity index (χ2v) is 8.78. The van der Waals surface area contributed by atoms with E-state index in [0.29, 0.717) is 24.1 Å². The van der Waals surface area contributed by atoms with E-state index in [4.69, 9.17) is 4.74 Å². The van der Waals surface area contributed by atoms with Gasteiger partial charge in [0.1, 0.15) is 6.54 Å². The van der Waals surface area contributed by atoms with E-state index < -0.39 is 5.97 Å². The zero-order chi connectivity index (χ0) is 23.8. The van der Waals surface area contributed by atoms with E-state index in [0.717, 1.165) is 19.3 Å². The second kappa shape index (κ2) is 11.8. The van der Waals surface area contributed by atoms with Crippen LogP contribution in [0.4, 0.5) is 0 Å². The molecular weight excluding hydrogens is 412 g/mol. The Kier molecular flexibility index (Phi) is 8.84. The third-order valence-corrected chi connectivity index (χ3v) is 6.42. The van der Waals surface area contributed by atoms with Crippen molar-refractivity contribution in [2.24, 2.45) is 0 Å². The molecule has 3 atom stereocenters. The zero-order valence-electron chi connectivity index (χ0n) is 20.2. The molecule has 1 aliphatic carbocycles. The summed E-state index contributed by atoms with van der Waals surface area (Å²) < 4.78 is 4.84. The molecule has 2 N–H and O–H groups in total. The summed E-state index contributed by atoms with van der Waals surface area (Å²) in [6.45, 7) is 8.41. The molecule has 0 saturated heterocycles. The first-order valence-electron chi connectivity index (χ1n) is 11.9. The second-order valence-electron chi connectivity index (χ2n) is 8.78. The predicted molar refractivity (Wildman–Crippen MR) is 133 cm³/mol. The fourth-order valence-corrected chi connectivity index (χ4v) is 4.73. The molecule has 0 bridgehead atoms. The number of nitrogens with one attached hydrogen (secondary N) is 2. The summed E-state index contributed by atoms with van der Waals surface area (Å²) in [5.74, 6) is -0.201. The molecule has 1 fully saturated rings. The maximum Gasteiger partial charge on any atom is 0.325 e. The molecule has 176 valence electrons. The van der Waals surface area contributed by atoms with E-state index in [1.807, 2.05) is 24.3 Å². The normalized spacial score (nSPS) is 18.9. The van der Waals surface area contributed by atoms with Crippen LogP contribution in [0.5, 0.6) is 0 Å². The Labute approximate surface area is 197 Å². The number of hydrogen-bond acceptors (Lipinski definition) is 4. The van der Waals surface area contributed by atoms with Crippen molar-refractivity contribution in [3.8, 4) is 0 Å². The summed E-state index contributed by atoms with van der Waals surface area (Å²) in [7, 11) is 0. The summed E-state index contributed by atoms with van der Waals surface area (Å²) in [5.41, 5.74) is 5.77. The van der Waals surface area contributed by atoms with Crippen molar-refractivity contribution in [3.63, 3.8) is 0 Å². The van der Waals surface area contributed by atoms with E-state index in [1.165, 1.54) is 22.3 Å². The lowest BCUT2D eigenvalue weighted by molar-refractivity contribution is -0.141. The number of aryl methyl sites for hydroxylation is 1. The Bertz CT molecular complexity index is 981. The van der Waals surface area contributed by atoms with Gasteiger partial charge in [-0.1, -0.05) is 42.5 Å². The number of amides is 1. The number of benzene rings is 2. The summed E-state index contributed by atoms with van der Waals surface area (Å²) in [6, 6.07) is 15.0.